The summed E-state index contributed by atoms with van der Waals surface area (Å²) in [7, 11) is -1.78. The molecule has 170 valence electrons. The van der Waals surface area contributed by atoms with E-state index in [1.165, 1.54) is 44.7 Å². The lowest BCUT2D eigenvalue weighted by molar-refractivity contribution is -0.0526. The summed E-state index contributed by atoms with van der Waals surface area (Å²) in [5, 5.41) is 7.15. The number of alkyl halides is 2. The van der Waals surface area contributed by atoms with Crippen molar-refractivity contribution in [1.29, 1.82) is 0 Å². The summed E-state index contributed by atoms with van der Waals surface area (Å²) in [6, 6.07) is 2.67. The Labute approximate surface area is 186 Å². The van der Waals surface area contributed by atoms with E-state index in [1.54, 1.807) is 0 Å². The molecule has 0 aliphatic heterocycles. The topological polar surface area (TPSA) is 121 Å². The number of nitrogens with zero attached hydrogens (tertiary/aromatic N) is 4. The molecule has 4 rings (SSSR count). The number of fused-ring (bicyclic) bond motifs is 1. The lowest BCUT2D eigenvalue weighted by Crippen LogP contribution is -2.26. The minimum Gasteiger partial charge on any atom is -0.495 e. The molecule has 1 aromatic carbocycles. The highest BCUT2D eigenvalue weighted by atomic mass is 32.2. The zero-order valence-corrected chi connectivity index (χ0v) is 17.9. The van der Waals surface area contributed by atoms with Gasteiger partial charge in [0.05, 0.1) is 14.2 Å². The maximum Gasteiger partial charge on any atom is 0.387 e. The molecule has 0 unspecified atom stereocenters. The fourth-order valence-corrected chi connectivity index (χ4v) is 4.17. The minimum absolute atomic E-state index is 0.00279. The average Bonchev–Trinajstić information content (AvgIpc) is 3.49. The first kappa shape index (κ1) is 22.0. The molecule has 13 heteroatoms. The number of terminal acetylenes is 1. The molecule has 0 saturated carbocycles. The van der Waals surface area contributed by atoms with Gasteiger partial charge in [0.25, 0.3) is 10.0 Å². The Bertz CT molecular complexity index is 1480. The van der Waals surface area contributed by atoms with Gasteiger partial charge in [0.15, 0.2) is 11.4 Å². The van der Waals surface area contributed by atoms with E-state index in [-0.39, 0.29) is 33.3 Å². The molecule has 4 aromatic rings. The van der Waals surface area contributed by atoms with Crippen molar-refractivity contribution in [2.75, 3.05) is 18.9 Å². The second-order valence-corrected chi connectivity index (χ2v) is 8.18. The molecule has 0 aliphatic carbocycles. The van der Waals surface area contributed by atoms with Crippen LogP contribution in [0.4, 0.5) is 14.6 Å². The molecule has 0 saturated heterocycles. The molecule has 0 amide bonds. The van der Waals surface area contributed by atoms with Crippen LogP contribution in [0.1, 0.15) is 11.3 Å². The van der Waals surface area contributed by atoms with Gasteiger partial charge in [-0.25, -0.2) is 18.1 Å². The summed E-state index contributed by atoms with van der Waals surface area (Å²) in [6.45, 7) is 0. The average molecular weight is 475 g/mol. The van der Waals surface area contributed by atoms with Crippen LogP contribution >= 0.6 is 0 Å². The van der Waals surface area contributed by atoms with E-state index in [2.05, 4.69) is 25.9 Å². The van der Waals surface area contributed by atoms with E-state index in [0.717, 1.165) is 12.3 Å². The van der Waals surface area contributed by atoms with Crippen LogP contribution in [0.2, 0.25) is 0 Å². The quantitative estimate of drug-likeness (QED) is 0.405. The first-order valence-electron chi connectivity index (χ1n) is 9.11. The van der Waals surface area contributed by atoms with E-state index >= 15 is 0 Å². The van der Waals surface area contributed by atoms with Crippen molar-refractivity contribution < 1.29 is 31.2 Å². The number of halogens is 2. The van der Waals surface area contributed by atoms with Crippen molar-refractivity contribution in [3.05, 3.63) is 54.0 Å². The van der Waals surface area contributed by atoms with Gasteiger partial charge in [-0.2, -0.15) is 13.9 Å². The standard InChI is InChI=1S/C20H15F2N5O5S/c1-4-12-6-7-15(13(10-12)30-2)33(28,29)26-18-17-14(32-25-18)11-16(24-19(17)31-3)20(21,22)27-9-5-8-23-27/h1,5-11H,2-3H3,(H,25,26). The normalized spacial score (nSPS) is 11.8. The van der Waals surface area contributed by atoms with Gasteiger partial charge in [-0.1, -0.05) is 11.1 Å². The molecule has 1 N–H and O–H groups in total. The molecule has 0 radical (unpaired) electrons. The number of hydrogen-bond acceptors (Lipinski definition) is 8. The van der Waals surface area contributed by atoms with Gasteiger partial charge in [0, 0.05) is 24.0 Å². The zero-order valence-electron chi connectivity index (χ0n) is 17.1. The SMILES string of the molecule is C#Cc1ccc(S(=O)(=O)Nc2noc3cc(C(F)(F)n4cccn4)nc(OC)c23)c(OC)c1. The third-order valence-corrected chi connectivity index (χ3v) is 5.95. The number of nitrogens with one attached hydrogen (secondary N) is 1. The molecular weight excluding hydrogens is 460 g/mol. The van der Waals surface area contributed by atoms with E-state index in [0.29, 0.717) is 10.2 Å². The highest BCUT2D eigenvalue weighted by Crippen LogP contribution is 2.37. The number of rotatable bonds is 7. The first-order chi connectivity index (χ1) is 15.7. The largest absolute Gasteiger partial charge is 0.495 e. The van der Waals surface area contributed by atoms with Crippen molar-refractivity contribution in [2.45, 2.75) is 10.9 Å². The molecule has 0 bridgehead atoms. The molecule has 33 heavy (non-hydrogen) atoms. The summed E-state index contributed by atoms with van der Waals surface area (Å²) in [6.07, 6.45) is 7.59. The van der Waals surface area contributed by atoms with Crippen LogP contribution in [0.15, 0.2) is 52.1 Å². The highest BCUT2D eigenvalue weighted by Gasteiger charge is 2.38. The number of aromatic nitrogens is 4. The highest BCUT2D eigenvalue weighted by molar-refractivity contribution is 7.92. The summed E-state index contributed by atoms with van der Waals surface area (Å²) in [5.74, 6) is 1.73. The third-order valence-electron chi connectivity index (χ3n) is 4.57. The minimum atomic E-state index is -4.25. The van der Waals surface area contributed by atoms with Crippen LogP contribution in [0.5, 0.6) is 11.6 Å². The molecule has 3 aromatic heterocycles. The summed E-state index contributed by atoms with van der Waals surface area (Å²) in [5.41, 5.74) is -0.516. The lowest BCUT2D eigenvalue weighted by atomic mass is 10.2. The van der Waals surface area contributed by atoms with Gasteiger partial charge >= 0.3 is 6.05 Å². The smallest absolute Gasteiger partial charge is 0.387 e. The van der Waals surface area contributed by atoms with Gasteiger partial charge in [-0.15, -0.1) is 6.42 Å². The molecule has 0 spiro atoms. The number of hydrogen-bond donors (Lipinski definition) is 1. The zero-order chi connectivity index (χ0) is 23.8. The monoisotopic (exact) mass is 475 g/mol. The number of ether oxygens (including phenoxy) is 2. The maximum absolute atomic E-state index is 14.8. The number of pyridine rings is 1. The Kier molecular flexibility index (Phi) is 5.38. The maximum atomic E-state index is 14.8. The van der Waals surface area contributed by atoms with Crippen molar-refractivity contribution in [3.8, 4) is 24.0 Å². The number of sulfonamides is 1. The van der Waals surface area contributed by atoms with E-state index in [4.69, 9.17) is 20.4 Å². The summed E-state index contributed by atoms with van der Waals surface area (Å²) < 4.78 is 73.6. The predicted molar refractivity (Wildman–Crippen MR) is 112 cm³/mol. The van der Waals surface area contributed by atoms with Gasteiger partial charge < -0.3 is 14.0 Å². The second kappa shape index (κ2) is 8.06. The predicted octanol–water partition coefficient (Wildman–Crippen LogP) is 2.82. The van der Waals surface area contributed by atoms with Crippen LogP contribution in [0.3, 0.4) is 0 Å². The first-order valence-corrected chi connectivity index (χ1v) is 10.6. The molecule has 0 fully saturated rings. The molecule has 3 heterocycles. The molecule has 0 aliphatic rings. The Morgan fingerprint density at radius 1 is 1.24 bits per heavy atom. The van der Waals surface area contributed by atoms with Gasteiger partial charge in [0.1, 0.15) is 21.7 Å². The Hall–Kier alpha value is -4.18. The van der Waals surface area contributed by atoms with Gasteiger partial charge in [-0.05, 0) is 24.3 Å². The number of anilines is 1. The van der Waals surface area contributed by atoms with Crippen LogP contribution < -0.4 is 14.2 Å². The number of methoxy groups -OCH3 is 2. The van der Waals surface area contributed by atoms with Gasteiger partial charge in [-0.3, -0.25) is 4.72 Å². The Morgan fingerprint density at radius 2 is 2.03 bits per heavy atom. The van der Waals surface area contributed by atoms with Crippen molar-refractivity contribution in [2.24, 2.45) is 0 Å². The Morgan fingerprint density at radius 3 is 2.67 bits per heavy atom. The fraction of sp³-hybridized carbons (Fsp3) is 0.150. The van der Waals surface area contributed by atoms with Crippen molar-refractivity contribution in [1.82, 2.24) is 19.9 Å². The third kappa shape index (κ3) is 3.80. The van der Waals surface area contributed by atoms with Crippen molar-refractivity contribution in [3.63, 3.8) is 0 Å². The number of benzene rings is 1. The fourth-order valence-electron chi connectivity index (χ4n) is 3.02. The van der Waals surface area contributed by atoms with E-state index in [1.807, 2.05) is 0 Å². The Balaban J connectivity index is 1.78. The molecule has 0 atom stereocenters. The van der Waals surface area contributed by atoms with E-state index in [9.17, 15) is 17.2 Å². The second-order valence-electron chi connectivity index (χ2n) is 6.53. The van der Waals surface area contributed by atoms with Crippen LogP contribution in [-0.2, 0) is 16.1 Å². The summed E-state index contributed by atoms with van der Waals surface area (Å²) in [4.78, 5) is 3.60. The van der Waals surface area contributed by atoms with Crippen LogP contribution in [-0.4, -0.2) is 42.6 Å². The van der Waals surface area contributed by atoms with Gasteiger partial charge in [0.2, 0.25) is 5.88 Å². The van der Waals surface area contributed by atoms with E-state index < -0.39 is 21.8 Å². The lowest BCUT2D eigenvalue weighted by Gasteiger charge is -2.16. The van der Waals surface area contributed by atoms with Crippen LogP contribution in [0, 0.1) is 12.3 Å². The van der Waals surface area contributed by atoms with Crippen LogP contribution in [0.25, 0.3) is 11.0 Å². The van der Waals surface area contributed by atoms with Crippen molar-refractivity contribution >= 4 is 26.8 Å². The molecule has 10 nitrogen and oxygen atoms in total. The summed E-state index contributed by atoms with van der Waals surface area (Å²) >= 11 is 0. The molecular formula is C20H15F2N5O5S.